The highest BCUT2D eigenvalue weighted by Gasteiger charge is 2.31. The normalized spacial score (nSPS) is 11.6. The highest BCUT2D eigenvalue weighted by molar-refractivity contribution is 9.10. The second kappa shape index (κ2) is 13.1. The summed E-state index contributed by atoms with van der Waals surface area (Å²) in [5.41, 5.74) is -0.726. The van der Waals surface area contributed by atoms with Crippen LogP contribution < -0.4 is 20.3 Å². The highest BCUT2D eigenvalue weighted by Crippen LogP contribution is 2.42. The molecule has 1 N–H and O–H groups in total. The minimum absolute atomic E-state index is 0.00330. The second-order valence-corrected chi connectivity index (χ2v) is 10.5. The maximum atomic E-state index is 13.5. The van der Waals surface area contributed by atoms with E-state index in [1.807, 2.05) is 0 Å². The molecule has 0 aliphatic rings. The highest BCUT2D eigenvalue weighted by atomic mass is 79.9. The van der Waals surface area contributed by atoms with E-state index in [4.69, 9.17) is 21.1 Å². The van der Waals surface area contributed by atoms with Gasteiger partial charge in [-0.15, -0.1) is 0 Å². The van der Waals surface area contributed by atoms with Crippen LogP contribution in [-0.2, 0) is 11.0 Å². The van der Waals surface area contributed by atoms with Crippen molar-refractivity contribution in [1.82, 2.24) is 9.66 Å². The Morgan fingerprint density at radius 1 is 1.09 bits per heavy atom. The molecule has 0 fully saturated rings. The molecule has 45 heavy (non-hydrogen) atoms. The van der Waals surface area contributed by atoms with E-state index in [0.717, 1.165) is 22.9 Å². The number of alkyl halides is 3. The molecule has 0 radical (unpaired) electrons. The molecule has 0 aliphatic heterocycles. The van der Waals surface area contributed by atoms with Crippen LogP contribution in [0.5, 0.6) is 11.5 Å². The number of anilines is 1. The van der Waals surface area contributed by atoms with Gasteiger partial charge in [-0.2, -0.15) is 22.9 Å². The van der Waals surface area contributed by atoms with Crippen LogP contribution in [0.3, 0.4) is 0 Å². The van der Waals surface area contributed by atoms with Crippen LogP contribution in [0.25, 0.3) is 22.3 Å². The van der Waals surface area contributed by atoms with Crippen molar-refractivity contribution in [3.63, 3.8) is 0 Å². The first-order valence-corrected chi connectivity index (χ1v) is 14.1. The molecule has 0 saturated heterocycles. The zero-order valence-electron chi connectivity index (χ0n) is 23.0. The molecular weight excluding hydrogens is 684 g/mol. The number of carbonyl (C=O) groups is 1. The van der Waals surface area contributed by atoms with Crippen LogP contribution in [0.4, 0.5) is 23.2 Å². The largest absolute Gasteiger partial charge is 0.493 e. The number of benzene rings is 4. The van der Waals surface area contributed by atoms with Gasteiger partial charge in [0.25, 0.3) is 11.5 Å². The molecule has 230 valence electrons. The third-order valence-electron chi connectivity index (χ3n) is 6.35. The van der Waals surface area contributed by atoms with Crippen molar-refractivity contribution in [3.8, 4) is 22.9 Å². The van der Waals surface area contributed by atoms with Crippen LogP contribution in [-0.4, -0.2) is 35.5 Å². The number of para-hydroxylation sites is 1. The number of hydrogen-bond acceptors (Lipinski definition) is 6. The first-order valence-electron chi connectivity index (χ1n) is 12.9. The van der Waals surface area contributed by atoms with Gasteiger partial charge < -0.3 is 14.8 Å². The number of nitrogens with one attached hydrogen (secondary N) is 1. The summed E-state index contributed by atoms with van der Waals surface area (Å²) in [6.07, 6.45) is -3.38. The van der Waals surface area contributed by atoms with Gasteiger partial charge in [0.2, 0.25) is 0 Å². The number of fused-ring (bicyclic) bond motifs is 1. The van der Waals surface area contributed by atoms with E-state index in [9.17, 15) is 27.2 Å². The van der Waals surface area contributed by atoms with E-state index >= 15 is 0 Å². The predicted molar refractivity (Wildman–Crippen MR) is 166 cm³/mol. The molecule has 5 aromatic rings. The molecule has 0 spiro atoms. The molecule has 1 amide bonds. The standard InChI is InChI=1S/C31H20BrClF4N4O4/c1-44-24-13-18(26(32)27(33)28(24)45-16-25(42)39-21-9-5-8-20(34)14-21)15-38-41-29(17-6-4-7-19(12-17)31(35,36)37)40-23-11-3-2-10-22(23)30(41)43/h2-15H,16H2,1H3,(H,39,42). The Hall–Kier alpha value is -4.75. The molecule has 8 nitrogen and oxygen atoms in total. The quantitative estimate of drug-likeness (QED) is 0.133. The lowest BCUT2D eigenvalue weighted by molar-refractivity contribution is -0.137. The van der Waals surface area contributed by atoms with Crippen molar-refractivity contribution >= 4 is 56.2 Å². The monoisotopic (exact) mass is 702 g/mol. The van der Waals surface area contributed by atoms with Crippen molar-refractivity contribution in [3.05, 3.63) is 116 Å². The average molecular weight is 704 g/mol. The number of aromatic nitrogens is 2. The molecule has 0 atom stereocenters. The fourth-order valence-corrected chi connectivity index (χ4v) is 4.91. The van der Waals surface area contributed by atoms with Crippen molar-refractivity contribution in [1.29, 1.82) is 0 Å². The Morgan fingerprint density at radius 3 is 2.58 bits per heavy atom. The fraction of sp³-hybridized carbons (Fsp3) is 0.0968. The SMILES string of the molecule is COc1cc(C=Nn2c(-c3cccc(C(F)(F)F)c3)nc3ccccc3c2=O)c(Br)c(Cl)c1OCC(=O)Nc1cccc(F)c1. The van der Waals surface area contributed by atoms with Gasteiger partial charge in [0, 0.05) is 21.3 Å². The Labute approximate surface area is 266 Å². The molecule has 0 unspecified atom stereocenters. The van der Waals surface area contributed by atoms with Crippen molar-refractivity contribution in [2.75, 3.05) is 19.0 Å². The van der Waals surface area contributed by atoms with Crippen molar-refractivity contribution < 1.29 is 31.8 Å². The van der Waals surface area contributed by atoms with Gasteiger partial charge in [0.1, 0.15) is 10.8 Å². The number of amides is 1. The van der Waals surface area contributed by atoms with Crippen LogP contribution in [0.1, 0.15) is 11.1 Å². The minimum atomic E-state index is -4.62. The molecular formula is C31H20BrClF4N4O4. The third-order valence-corrected chi connectivity index (χ3v) is 7.79. The number of nitrogens with zero attached hydrogens (tertiary/aromatic N) is 3. The number of halogens is 6. The van der Waals surface area contributed by atoms with Crippen molar-refractivity contribution in [2.24, 2.45) is 5.10 Å². The smallest absolute Gasteiger partial charge is 0.416 e. The van der Waals surface area contributed by atoms with E-state index in [1.54, 1.807) is 18.2 Å². The molecule has 14 heteroatoms. The summed E-state index contributed by atoms with van der Waals surface area (Å²) < 4.78 is 66.1. The minimum Gasteiger partial charge on any atom is -0.493 e. The van der Waals surface area contributed by atoms with E-state index in [0.29, 0.717) is 5.56 Å². The molecule has 0 saturated carbocycles. The van der Waals surface area contributed by atoms with E-state index in [2.05, 4.69) is 31.3 Å². The van der Waals surface area contributed by atoms with Crippen LogP contribution in [0, 0.1) is 5.82 Å². The number of methoxy groups -OCH3 is 1. The summed E-state index contributed by atoms with van der Waals surface area (Å²) in [5.74, 6) is -1.13. The predicted octanol–water partition coefficient (Wildman–Crippen LogP) is 7.55. The summed E-state index contributed by atoms with van der Waals surface area (Å²) in [5, 5.41) is 6.98. The van der Waals surface area contributed by atoms with Gasteiger partial charge in [-0.05, 0) is 64.5 Å². The van der Waals surface area contributed by atoms with E-state index in [-0.39, 0.29) is 49.0 Å². The lowest BCUT2D eigenvalue weighted by Gasteiger charge is -2.15. The summed E-state index contributed by atoms with van der Waals surface area (Å²) in [6, 6.07) is 17.6. The van der Waals surface area contributed by atoms with Crippen LogP contribution in [0.2, 0.25) is 5.02 Å². The maximum absolute atomic E-state index is 13.5. The van der Waals surface area contributed by atoms with Gasteiger partial charge in [0.05, 0.1) is 29.8 Å². The lowest BCUT2D eigenvalue weighted by Crippen LogP contribution is -2.21. The van der Waals surface area contributed by atoms with Gasteiger partial charge in [-0.1, -0.05) is 41.9 Å². The van der Waals surface area contributed by atoms with Crippen molar-refractivity contribution in [2.45, 2.75) is 6.18 Å². The average Bonchev–Trinajstić information content (AvgIpc) is 3.01. The van der Waals surface area contributed by atoms with E-state index < -0.39 is 35.6 Å². The van der Waals surface area contributed by atoms with Gasteiger partial charge >= 0.3 is 6.18 Å². The molecule has 4 aromatic carbocycles. The second-order valence-electron chi connectivity index (χ2n) is 9.36. The van der Waals surface area contributed by atoms with Crippen LogP contribution in [0.15, 0.2) is 93.2 Å². The Balaban J connectivity index is 1.50. The zero-order valence-corrected chi connectivity index (χ0v) is 25.4. The summed E-state index contributed by atoms with van der Waals surface area (Å²) in [7, 11) is 1.34. The Kier molecular flexibility index (Phi) is 9.21. The number of hydrogen-bond donors (Lipinski definition) is 1. The van der Waals surface area contributed by atoms with Crippen LogP contribution >= 0.6 is 27.5 Å². The Bertz CT molecular complexity index is 2020. The molecule has 0 bridgehead atoms. The molecule has 1 aromatic heterocycles. The zero-order chi connectivity index (χ0) is 32.3. The maximum Gasteiger partial charge on any atom is 0.416 e. The van der Waals surface area contributed by atoms with Gasteiger partial charge in [-0.3, -0.25) is 9.59 Å². The Morgan fingerprint density at radius 2 is 1.84 bits per heavy atom. The molecule has 0 aliphatic carbocycles. The fourth-order valence-electron chi connectivity index (χ4n) is 4.26. The summed E-state index contributed by atoms with van der Waals surface area (Å²) in [6.45, 7) is -0.495. The molecule has 1 heterocycles. The topological polar surface area (TPSA) is 94.8 Å². The lowest BCUT2D eigenvalue weighted by atomic mass is 10.1. The molecule has 5 rings (SSSR count). The summed E-state index contributed by atoms with van der Waals surface area (Å²) >= 11 is 9.90. The first-order chi connectivity index (χ1) is 21.5. The number of carbonyl (C=O) groups excluding carboxylic acids is 1. The summed E-state index contributed by atoms with van der Waals surface area (Å²) in [4.78, 5) is 30.3. The number of ether oxygens (including phenoxy) is 2. The van der Waals surface area contributed by atoms with E-state index in [1.165, 1.54) is 55.8 Å². The van der Waals surface area contributed by atoms with Gasteiger partial charge in [-0.25, -0.2) is 9.37 Å². The van der Waals surface area contributed by atoms with Gasteiger partial charge in [0.15, 0.2) is 23.9 Å². The first kappa shape index (κ1) is 31.7. The third kappa shape index (κ3) is 6.99. The number of rotatable bonds is 8.